The Labute approximate surface area is 209 Å². The van der Waals surface area contributed by atoms with E-state index in [1.807, 2.05) is 42.2 Å². The van der Waals surface area contributed by atoms with Gasteiger partial charge in [0, 0.05) is 29.1 Å². The van der Waals surface area contributed by atoms with Crippen LogP contribution in [0.1, 0.15) is 51.6 Å². The molecule has 2 atom stereocenters. The molecule has 7 nitrogen and oxygen atoms in total. The minimum absolute atomic E-state index is 0.0527. The summed E-state index contributed by atoms with van der Waals surface area (Å²) in [6.07, 6.45) is 0. The van der Waals surface area contributed by atoms with Gasteiger partial charge in [0.1, 0.15) is 0 Å². The largest absolute Gasteiger partial charge is 0.493 e. The first kappa shape index (κ1) is 22.3. The van der Waals surface area contributed by atoms with E-state index >= 15 is 0 Å². The topological polar surface area (TPSA) is 73.0 Å². The van der Waals surface area contributed by atoms with Crippen molar-refractivity contribution in [3.05, 3.63) is 82.5 Å². The Hall–Kier alpha value is -4.13. The molecular weight excluding hydrogens is 456 g/mol. The number of carbonyl (C=O) groups excluding carboxylic acids is 1. The third-order valence-electron chi connectivity index (χ3n) is 7.33. The fourth-order valence-corrected chi connectivity index (χ4v) is 5.83. The molecule has 0 radical (unpaired) electrons. The lowest BCUT2D eigenvalue weighted by molar-refractivity contribution is 0.0725. The number of nitrogens with zero attached hydrogens (tertiary/aromatic N) is 1. The summed E-state index contributed by atoms with van der Waals surface area (Å²) in [4.78, 5) is 19.5. The fraction of sp³-hybridized carbons (Fsp3) is 0.276. The van der Waals surface area contributed by atoms with E-state index in [1.165, 1.54) is 5.56 Å². The molecule has 7 heteroatoms. The van der Waals surface area contributed by atoms with Crippen LogP contribution in [0.15, 0.2) is 54.6 Å². The summed E-state index contributed by atoms with van der Waals surface area (Å²) in [5, 5.41) is 1.16. The number of carbonyl (C=O) groups is 1. The molecule has 0 fully saturated rings. The Morgan fingerprint density at radius 2 is 1.72 bits per heavy atom. The van der Waals surface area contributed by atoms with Crippen LogP contribution in [0.2, 0.25) is 0 Å². The van der Waals surface area contributed by atoms with E-state index in [-0.39, 0.29) is 17.9 Å². The first-order valence-electron chi connectivity index (χ1n) is 12.1. The summed E-state index contributed by atoms with van der Waals surface area (Å²) in [6, 6.07) is 18.0. The molecule has 6 rings (SSSR count). The number of nitrogens with one attached hydrogen (secondary N) is 1. The quantitative estimate of drug-likeness (QED) is 0.403. The van der Waals surface area contributed by atoms with E-state index in [4.69, 9.17) is 18.9 Å². The Morgan fingerprint density at radius 3 is 2.47 bits per heavy atom. The van der Waals surface area contributed by atoms with Gasteiger partial charge in [-0.15, -0.1) is 0 Å². The molecule has 1 aromatic heterocycles. The highest BCUT2D eigenvalue weighted by atomic mass is 16.5. The molecule has 4 aromatic rings. The Morgan fingerprint density at radius 1 is 0.944 bits per heavy atom. The number of amides is 1. The van der Waals surface area contributed by atoms with Gasteiger partial charge in [0.15, 0.2) is 23.0 Å². The lowest BCUT2D eigenvalue weighted by Crippen LogP contribution is -2.37. The van der Waals surface area contributed by atoms with Crippen LogP contribution < -0.4 is 18.9 Å². The Kier molecular flexibility index (Phi) is 5.29. The minimum Gasteiger partial charge on any atom is -0.493 e. The van der Waals surface area contributed by atoms with Gasteiger partial charge < -0.3 is 28.8 Å². The van der Waals surface area contributed by atoms with Gasteiger partial charge in [-0.25, -0.2) is 0 Å². The highest BCUT2D eigenvalue weighted by Crippen LogP contribution is 2.52. The number of H-pyrrole nitrogens is 1. The molecule has 3 heterocycles. The standard InChI is InChI=1S/C29H28N2O5/c1-5-36-21-12-10-16(14-23(21)34-3)19-15-31-27(26-24(19)17-8-6-7-9-20(17)30-26)18-11-13-22(33-2)28(35-4)25(18)29(31)32/h6-14,19,27,30H,5,15H2,1-4H3. The minimum atomic E-state index is -0.226. The van der Waals surface area contributed by atoms with Crippen molar-refractivity contribution in [1.82, 2.24) is 9.88 Å². The summed E-state index contributed by atoms with van der Waals surface area (Å²) in [5.74, 6) is 2.31. The third-order valence-corrected chi connectivity index (χ3v) is 7.33. The highest BCUT2D eigenvalue weighted by Gasteiger charge is 2.47. The van der Waals surface area contributed by atoms with Crippen LogP contribution in [0.3, 0.4) is 0 Å². The lowest BCUT2D eigenvalue weighted by atomic mass is 9.83. The van der Waals surface area contributed by atoms with E-state index in [0.717, 1.165) is 27.7 Å². The summed E-state index contributed by atoms with van der Waals surface area (Å²) in [7, 11) is 4.81. The zero-order valence-corrected chi connectivity index (χ0v) is 20.8. The second-order valence-electron chi connectivity index (χ2n) is 9.02. The molecule has 0 aliphatic carbocycles. The van der Waals surface area contributed by atoms with E-state index in [1.54, 1.807) is 21.3 Å². The van der Waals surface area contributed by atoms with Crippen LogP contribution in [0, 0.1) is 0 Å². The number of aromatic nitrogens is 1. The first-order valence-corrected chi connectivity index (χ1v) is 12.1. The SMILES string of the molecule is CCOc1ccc(C2CN3C(=O)c4c(ccc(OC)c4OC)C3c3[nH]c4ccccc4c32)cc1OC. The highest BCUT2D eigenvalue weighted by molar-refractivity contribution is 6.04. The van der Waals surface area contributed by atoms with E-state index in [0.29, 0.717) is 41.7 Å². The van der Waals surface area contributed by atoms with Gasteiger partial charge in [0.05, 0.1) is 39.5 Å². The summed E-state index contributed by atoms with van der Waals surface area (Å²) < 4.78 is 22.6. The van der Waals surface area contributed by atoms with Crippen LogP contribution in [0.5, 0.6) is 23.0 Å². The number of methoxy groups -OCH3 is 3. The Bertz CT molecular complexity index is 1490. The van der Waals surface area contributed by atoms with Crippen molar-refractivity contribution in [3.63, 3.8) is 0 Å². The molecule has 2 unspecified atom stereocenters. The maximum absolute atomic E-state index is 13.9. The van der Waals surface area contributed by atoms with Gasteiger partial charge in [-0.2, -0.15) is 0 Å². The molecule has 0 saturated carbocycles. The molecule has 0 bridgehead atoms. The molecule has 1 amide bonds. The zero-order chi connectivity index (χ0) is 25.0. The summed E-state index contributed by atoms with van der Waals surface area (Å²) in [6.45, 7) is 3.03. The van der Waals surface area contributed by atoms with Crippen molar-refractivity contribution in [2.45, 2.75) is 18.9 Å². The molecular formula is C29H28N2O5. The number of para-hydroxylation sites is 1. The van der Waals surface area contributed by atoms with Gasteiger partial charge in [-0.05, 0) is 47.9 Å². The molecule has 2 aliphatic rings. The van der Waals surface area contributed by atoms with E-state index in [9.17, 15) is 4.79 Å². The van der Waals surface area contributed by atoms with E-state index < -0.39 is 0 Å². The average molecular weight is 485 g/mol. The maximum Gasteiger partial charge on any atom is 0.259 e. The second-order valence-corrected chi connectivity index (χ2v) is 9.02. The van der Waals surface area contributed by atoms with E-state index in [2.05, 4.69) is 29.2 Å². The number of fused-ring (bicyclic) bond motifs is 7. The van der Waals surface area contributed by atoms with Gasteiger partial charge >= 0.3 is 0 Å². The van der Waals surface area contributed by atoms with Crippen LogP contribution >= 0.6 is 0 Å². The van der Waals surface area contributed by atoms with Crippen molar-refractivity contribution in [2.75, 3.05) is 34.5 Å². The number of aromatic amines is 1. The maximum atomic E-state index is 13.9. The fourth-order valence-electron chi connectivity index (χ4n) is 5.83. The average Bonchev–Trinajstić information content (AvgIpc) is 3.43. The molecule has 1 N–H and O–H groups in total. The van der Waals surface area contributed by atoms with Crippen molar-refractivity contribution < 1.29 is 23.7 Å². The van der Waals surface area contributed by atoms with Crippen molar-refractivity contribution in [1.29, 1.82) is 0 Å². The number of rotatable bonds is 6. The number of ether oxygens (including phenoxy) is 4. The van der Waals surface area contributed by atoms with Crippen molar-refractivity contribution in [2.24, 2.45) is 0 Å². The second kappa shape index (κ2) is 8.52. The van der Waals surface area contributed by atoms with Gasteiger partial charge in [-0.1, -0.05) is 30.3 Å². The van der Waals surface area contributed by atoms with Crippen molar-refractivity contribution >= 4 is 16.8 Å². The molecule has 36 heavy (non-hydrogen) atoms. The molecule has 2 aliphatic heterocycles. The molecule has 184 valence electrons. The number of benzene rings is 3. The summed E-state index contributed by atoms with van der Waals surface area (Å²) in [5.41, 5.74) is 5.83. The van der Waals surface area contributed by atoms with Crippen LogP contribution in [0.25, 0.3) is 10.9 Å². The normalized spacial score (nSPS) is 18.0. The molecule has 3 aromatic carbocycles. The number of hydrogen-bond donors (Lipinski definition) is 1. The van der Waals surface area contributed by atoms with Crippen molar-refractivity contribution in [3.8, 4) is 23.0 Å². The van der Waals surface area contributed by atoms with Crippen LogP contribution in [0.4, 0.5) is 0 Å². The van der Waals surface area contributed by atoms with Crippen LogP contribution in [-0.2, 0) is 0 Å². The molecule has 0 spiro atoms. The lowest BCUT2D eigenvalue weighted by Gasteiger charge is -2.36. The Balaban J connectivity index is 1.57. The monoisotopic (exact) mass is 484 g/mol. The number of hydrogen-bond acceptors (Lipinski definition) is 5. The van der Waals surface area contributed by atoms with Gasteiger partial charge in [0.25, 0.3) is 5.91 Å². The smallest absolute Gasteiger partial charge is 0.259 e. The predicted octanol–water partition coefficient (Wildman–Crippen LogP) is 5.28. The zero-order valence-electron chi connectivity index (χ0n) is 20.8. The van der Waals surface area contributed by atoms with Gasteiger partial charge in [0.2, 0.25) is 0 Å². The first-order chi connectivity index (χ1) is 17.6. The molecule has 0 saturated heterocycles. The third kappa shape index (κ3) is 3.08. The van der Waals surface area contributed by atoms with Crippen LogP contribution in [-0.4, -0.2) is 50.3 Å². The van der Waals surface area contributed by atoms with Gasteiger partial charge in [-0.3, -0.25) is 4.79 Å². The summed E-state index contributed by atoms with van der Waals surface area (Å²) >= 11 is 0. The predicted molar refractivity (Wildman–Crippen MR) is 137 cm³/mol.